The minimum Gasteiger partial charge on any atom is -0.244 e. The molecule has 0 radical (unpaired) electrons. The van der Waals surface area contributed by atoms with Gasteiger partial charge in [0.15, 0.2) is 0 Å². The van der Waals surface area contributed by atoms with Crippen molar-refractivity contribution in [3.8, 4) is 6.07 Å². The van der Waals surface area contributed by atoms with Crippen molar-refractivity contribution in [2.75, 3.05) is 5.75 Å². The molecule has 1 heterocycles. The Morgan fingerprint density at radius 1 is 1.62 bits per heavy atom. The van der Waals surface area contributed by atoms with Gasteiger partial charge < -0.3 is 0 Å². The van der Waals surface area contributed by atoms with E-state index in [-0.39, 0.29) is 0 Å². The van der Waals surface area contributed by atoms with Crippen LogP contribution in [0, 0.1) is 18.3 Å². The summed E-state index contributed by atoms with van der Waals surface area (Å²) in [4.78, 5) is 5.09. The first-order valence-electron chi connectivity index (χ1n) is 4.22. The molecule has 0 aliphatic rings. The van der Waals surface area contributed by atoms with Crippen LogP contribution in [-0.4, -0.2) is 10.7 Å². The van der Waals surface area contributed by atoms with E-state index in [0.717, 1.165) is 21.3 Å². The van der Waals surface area contributed by atoms with Crippen molar-refractivity contribution >= 4 is 23.1 Å². The molecule has 0 atom stereocenters. The number of hydrogen-bond acceptors (Lipinski definition) is 4. The molecule has 0 spiro atoms. The van der Waals surface area contributed by atoms with Crippen LogP contribution in [0.15, 0.2) is 0 Å². The van der Waals surface area contributed by atoms with Gasteiger partial charge in [0.1, 0.15) is 16.0 Å². The molecule has 0 N–H and O–H groups in total. The molecule has 4 heteroatoms. The lowest BCUT2D eigenvalue weighted by Gasteiger charge is -1.93. The summed E-state index contributed by atoms with van der Waals surface area (Å²) in [6, 6.07) is 2.15. The normalized spacial score (nSPS) is 9.92. The minimum absolute atomic E-state index is 0.757. The number of aromatic nitrogens is 1. The molecule has 1 aromatic heterocycles. The second kappa shape index (κ2) is 5.25. The van der Waals surface area contributed by atoms with Crippen molar-refractivity contribution in [3.05, 3.63) is 15.6 Å². The molecule has 13 heavy (non-hydrogen) atoms. The van der Waals surface area contributed by atoms with Crippen LogP contribution in [-0.2, 0) is 5.75 Å². The molecule has 0 aromatic carbocycles. The molecule has 0 fully saturated rings. The average molecular weight is 212 g/mol. The SMILES string of the molecule is CCCSCc1nc(C)c(C#N)s1. The van der Waals surface area contributed by atoms with Crippen molar-refractivity contribution in [2.24, 2.45) is 0 Å². The van der Waals surface area contributed by atoms with Crippen LogP contribution in [0.2, 0.25) is 0 Å². The van der Waals surface area contributed by atoms with E-state index in [4.69, 9.17) is 5.26 Å². The Kier molecular flexibility index (Phi) is 4.26. The van der Waals surface area contributed by atoms with Gasteiger partial charge in [-0.05, 0) is 19.1 Å². The van der Waals surface area contributed by atoms with Crippen LogP contribution in [0.25, 0.3) is 0 Å². The molecular formula is C9H12N2S2. The fraction of sp³-hybridized carbons (Fsp3) is 0.556. The Morgan fingerprint density at radius 3 is 2.92 bits per heavy atom. The Labute approximate surface area is 87.0 Å². The highest BCUT2D eigenvalue weighted by Gasteiger charge is 2.05. The first-order valence-corrected chi connectivity index (χ1v) is 6.19. The molecule has 0 aliphatic carbocycles. The first kappa shape index (κ1) is 10.6. The van der Waals surface area contributed by atoms with Crippen LogP contribution < -0.4 is 0 Å². The smallest absolute Gasteiger partial charge is 0.127 e. The number of hydrogen-bond donors (Lipinski definition) is 0. The molecule has 0 amide bonds. The summed E-state index contributed by atoms with van der Waals surface area (Å²) in [5.74, 6) is 2.11. The lowest BCUT2D eigenvalue weighted by molar-refractivity contribution is 1.10. The highest BCUT2D eigenvalue weighted by molar-refractivity contribution is 7.98. The van der Waals surface area contributed by atoms with Gasteiger partial charge in [-0.1, -0.05) is 6.92 Å². The van der Waals surface area contributed by atoms with E-state index in [1.54, 1.807) is 0 Å². The standard InChI is InChI=1S/C9H12N2S2/c1-3-4-12-6-9-11-7(2)8(5-10)13-9/h3-4,6H2,1-2H3. The lowest BCUT2D eigenvalue weighted by atomic mass is 10.4. The zero-order chi connectivity index (χ0) is 9.68. The average Bonchev–Trinajstić information content (AvgIpc) is 2.47. The van der Waals surface area contributed by atoms with Gasteiger partial charge in [0.25, 0.3) is 0 Å². The Morgan fingerprint density at radius 2 is 2.38 bits per heavy atom. The van der Waals surface area contributed by atoms with E-state index >= 15 is 0 Å². The summed E-state index contributed by atoms with van der Waals surface area (Å²) in [7, 11) is 0. The minimum atomic E-state index is 0.757. The molecule has 2 nitrogen and oxygen atoms in total. The van der Waals surface area contributed by atoms with E-state index in [1.165, 1.54) is 23.5 Å². The number of nitriles is 1. The largest absolute Gasteiger partial charge is 0.244 e. The third-order valence-electron chi connectivity index (χ3n) is 1.52. The van der Waals surface area contributed by atoms with Gasteiger partial charge in [-0.3, -0.25) is 0 Å². The van der Waals surface area contributed by atoms with Crippen LogP contribution in [0.4, 0.5) is 0 Å². The number of aryl methyl sites for hydroxylation is 1. The topological polar surface area (TPSA) is 36.7 Å². The molecule has 70 valence electrons. The summed E-state index contributed by atoms with van der Waals surface area (Å²) >= 11 is 3.39. The highest BCUT2D eigenvalue weighted by Crippen LogP contribution is 2.21. The van der Waals surface area contributed by atoms with E-state index in [1.807, 2.05) is 18.7 Å². The highest BCUT2D eigenvalue weighted by atomic mass is 32.2. The van der Waals surface area contributed by atoms with Gasteiger partial charge in [-0.2, -0.15) is 17.0 Å². The van der Waals surface area contributed by atoms with Gasteiger partial charge in [-0.25, -0.2) is 4.98 Å². The maximum Gasteiger partial charge on any atom is 0.127 e. The van der Waals surface area contributed by atoms with E-state index in [0.29, 0.717) is 0 Å². The van der Waals surface area contributed by atoms with E-state index in [9.17, 15) is 0 Å². The summed E-state index contributed by atoms with van der Waals surface area (Å²) in [6.45, 7) is 4.06. The summed E-state index contributed by atoms with van der Waals surface area (Å²) in [5, 5.41) is 9.79. The number of thiazole rings is 1. The van der Waals surface area contributed by atoms with Crippen LogP contribution >= 0.6 is 23.1 Å². The van der Waals surface area contributed by atoms with Crippen LogP contribution in [0.3, 0.4) is 0 Å². The summed E-state index contributed by atoms with van der Waals surface area (Å²) < 4.78 is 0. The maximum atomic E-state index is 8.72. The third kappa shape index (κ3) is 3.02. The van der Waals surface area contributed by atoms with Gasteiger partial charge in [0, 0.05) is 5.75 Å². The van der Waals surface area contributed by atoms with Gasteiger partial charge in [-0.15, -0.1) is 11.3 Å². The first-order chi connectivity index (χ1) is 6.27. The third-order valence-corrected chi connectivity index (χ3v) is 3.94. The molecule has 0 unspecified atom stereocenters. The Balaban J connectivity index is 2.54. The second-order valence-corrected chi connectivity index (χ2v) is 4.88. The Hall–Kier alpha value is -0.530. The monoisotopic (exact) mass is 212 g/mol. The Bertz CT molecular complexity index is 312. The predicted octanol–water partition coefficient (Wildman–Crippen LogP) is 2.97. The molecule has 0 bridgehead atoms. The van der Waals surface area contributed by atoms with Gasteiger partial charge in [0.2, 0.25) is 0 Å². The van der Waals surface area contributed by atoms with Gasteiger partial charge in [0.05, 0.1) is 5.69 Å². The quantitative estimate of drug-likeness (QED) is 0.720. The zero-order valence-electron chi connectivity index (χ0n) is 7.83. The van der Waals surface area contributed by atoms with E-state index < -0.39 is 0 Å². The maximum absolute atomic E-state index is 8.72. The predicted molar refractivity (Wildman–Crippen MR) is 58.0 cm³/mol. The summed E-state index contributed by atoms with van der Waals surface area (Å²) in [6.07, 6.45) is 1.19. The fourth-order valence-corrected chi connectivity index (χ4v) is 2.74. The number of rotatable bonds is 4. The molecular weight excluding hydrogens is 200 g/mol. The number of nitrogens with zero attached hydrogens (tertiary/aromatic N) is 2. The van der Waals surface area contributed by atoms with Crippen molar-refractivity contribution in [1.29, 1.82) is 5.26 Å². The molecule has 0 aliphatic heterocycles. The summed E-state index contributed by atoms with van der Waals surface area (Å²) in [5.41, 5.74) is 0.875. The van der Waals surface area contributed by atoms with E-state index in [2.05, 4.69) is 18.0 Å². The van der Waals surface area contributed by atoms with Crippen molar-refractivity contribution in [1.82, 2.24) is 4.98 Å². The van der Waals surface area contributed by atoms with Crippen LogP contribution in [0.1, 0.15) is 28.9 Å². The van der Waals surface area contributed by atoms with Gasteiger partial charge >= 0.3 is 0 Å². The molecule has 0 saturated heterocycles. The molecule has 0 saturated carbocycles. The second-order valence-electron chi connectivity index (χ2n) is 2.69. The molecule has 1 rings (SSSR count). The van der Waals surface area contributed by atoms with Crippen molar-refractivity contribution in [2.45, 2.75) is 26.0 Å². The van der Waals surface area contributed by atoms with Crippen LogP contribution in [0.5, 0.6) is 0 Å². The molecule has 1 aromatic rings. The van der Waals surface area contributed by atoms with Crippen molar-refractivity contribution in [3.63, 3.8) is 0 Å². The lowest BCUT2D eigenvalue weighted by Crippen LogP contribution is -1.81. The zero-order valence-corrected chi connectivity index (χ0v) is 9.47. The van der Waals surface area contributed by atoms with Crippen molar-refractivity contribution < 1.29 is 0 Å². The number of thioether (sulfide) groups is 1. The fourth-order valence-electron chi connectivity index (χ4n) is 0.922.